The van der Waals surface area contributed by atoms with Crippen molar-refractivity contribution in [2.24, 2.45) is 5.41 Å². The van der Waals surface area contributed by atoms with Crippen LogP contribution in [0.4, 0.5) is 0 Å². The molecular formula is C18H21N3O2S. The van der Waals surface area contributed by atoms with Gasteiger partial charge in [0.15, 0.2) is 4.77 Å². The van der Waals surface area contributed by atoms with E-state index in [0.29, 0.717) is 28.1 Å². The number of hydrogen-bond acceptors (Lipinski definition) is 3. The van der Waals surface area contributed by atoms with E-state index in [9.17, 15) is 4.79 Å². The van der Waals surface area contributed by atoms with Crippen LogP contribution >= 0.6 is 12.2 Å². The van der Waals surface area contributed by atoms with E-state index in [1.807, 2.05) is 24.3 Å². The first kappa shape index (κ1) is 16.5. The van der Waals surface area contributed by atoms with Crippen LogP contribution in [0.1, 0.15) is 27.2 Å². The van der Waals surface area contributed by atoms with Crippen molar-refractivity contribution in [2.75, 3.05) is 6.61 Å². The Morgan fingerprint density at radius 1 is 1.17 bits per heavy atom. The second-order valence-electron chi connectivity index (χ2n) is 6.99. The minimum absolute atomic E-state index is 0.167. The van der Waals surface area contributed by atoms with E-state index < -0.39 is 0 Å². The Morgan fingerprint density at radius 3 is 2.54 bits per heavy atom. The van der Waals surface area contributed by atoms with E-state index in [-0.39, 0.29) is 11.0 Å². The number of ether oxygens (including phenoxy) is 1. The van der Waals surface area contributed by atoms with E-state index in [2.05, 4.69) is 30.7 Å². The van der Waals surface area contributed by atoms with Gasteiger partial charge in [0.2, 0.25) is 0 Å². The lowest BCUT2D eigenvalue weighted by Gasteiger charge is -2.18. The molecule has 5 nitrogen and oxygen atoms in total. The van der Waals surface area contributed by atoms with Crippen LogP contribution in [0.3, 0.4) is 0 Å². The van der Waals surface area contributed by atoms with Gasteiger partial charge in [-0.15, -0.1) is 0 Å². The van der Waals surface area contributed by atoms with Crippen LogP contribution in [0.5, 0.6) is 5.75 Å². The zero-order valence-electron chi connectivity index (χ0n) is 14.1. The molecule has 0 radical (unpaired) electrons. The molecule has 2 heterocycles. The number of benzene rings is 1. The van der Waals surface area contributed by atoms with Gasteiger partial charge in [-0.1, -0.05) is 20.8 Å². The molecule has 0 unspecified atom stereocenters. The molecule has 0 amide bonds. The van der Waals surface area contributed by atoms with E-state index >= 15 is 0 Å². The van der Waals surface area contributed by atoms with Crippen LogP contribution in [0.25, 0.3) is 16.7 Å². The Hall–Kier alpha value is -2.34. The number of fused-ring (bicyclic) bond motifs is 1. The van der Waals surface area contributed by atoms with Crippen molar-refractivity contribution in [1.29, 1.82) is 0 Å². The average Bonchev–Trinajstić information content (AvgIpc) is 2.96. The highest BCUT2D eigenvalue weighted by molar-refractivity contribution is 7.71. The normalized spacial score (nSPS) is 11.8. The monoisotopic (exact) mass is 343 g/mol. The highest BCUT2D eigenvalue weighted by Gasteiger charge is 2.11. The van der Waals surface area contributed by atoms with Gasteiger partial charge in [0.05, 0.1) is 17.8 Å². The molecular weight excluding hydrogens is 322 g/mol. The lowest BCUT2D eigenvalue weighted by Crippen LogP contribution is -2.20. The van der Waals surface area contributed by atoms with Gasteiger partial charge in [0.25, 0.3) is 5.56 Å². The number of nitrogens with zero attached hydrogens (tertiary/aromatic N) is 1. The zero-order valence-corrected chi connectivity index (χ0v) is 14.9. The highest BCUT2D eigenvalue weighted by atomic mass is 32.1. The zero-order chi connectivity index (χ0) is 17.3. The Kier molecular flexibility index (Phi) is 4.32. The lowest BCUT2D eigenvalue weighted by molar-refractivity contribution is 0.243. The molecule has 0 spiro atoms. The smallest absolute Gasteiger partial charge is 0.283 e. The van der Waals surface area contributed by atoms with Gasteiger partial charge in [0.1, 0.15) is 11.3 Å². The second-order valence-corrected chi connectivity index (χ2v) is 7.38. The quantitative estimate of drug-likeness (QED) is 0.698. The highest BCUT2D eigenvalue weighted by Crippen LogP contribution is 2.20. The third-order valence-electron chi connectivity index (χ3n) is 3.82. The summed E-state index contributed by atoms with van der Waals surface area (Å²) in [4.78, 5) is 18.6. The number of rotatable bonds is 4. The Labute approximate surface area is 145 Å². The number of H-pyrrole nitrogens is 2. The van der Waals surface area contributed by atoms with E-state index in [4.69, 9.17) is 17.0 Å². The maximum absolute atomic E-state index is 12.6. The van der Waals surface area contributed by atoms with Crippen LogP contribution in [-0.2, 0) is 0 Å². The Morgan fingerprint density at radius 2 is 1.88 bits per heavy atom. The molecule has 1 aromatic carbocycles. The van der Waals surface area contributed by atoms with E-state index in [1.165, 1.54) is 4.57 Å². The van der Waals surface area contributed by atoms with Crippen LogP contribution in [0.2, 0.25) is 0 Å². The molecule has 3 aromatic rings. The number of nitrogens with one attached hydrogen (secondary N) is 2. The molecule has 0 aliphatic rings. The lowest BCUT2D eigenvalue weighted by atomic mass is 9.93. The number of aromatic nitrogens is 3. The fraction of sp³-hybridized carbons (Fsp3) is 0.333. The van der Waals surface area contributed by atoms with Crippen LogP contribution in [-0.4, -0.2) is 21.1 Å². The average molecular weight is 343 g/mol. The van der Waals surface area contributed by atoms with Crippen molar-refractivity contribution >= 4 is 23.3 Å². The first-order chi connectivity index (χ1) is 11.3. The molecule has 6 heteroatoms. The molecule has 2 N–H and O–H groups in total. The van der Waals surface area contributed by atoms with Gasteiger partial charge in [-0.2, -0.15) is 0 Å². The fourth-order valence-electron chi connectivity index (χ4n) is 2.43. The van der Waals surface area contributed by atoms with E-state index in [1.54, 1.807) is 12.3 Å². The topological polar surface area (TPSA) is 62.8 Å². The van der Waals surface area contributed by atoms with Gasteiger partial charge >= 0.3 is 0 Å². The van der Waals surface area contributed by atoms with Gasteiger partial charge < -0.3 is 14.7 Å². The predicted octanol–water partition coefficient (Wildman–Crippen LogP) is 4.19. The van der Waals surface area contributed by atoms with Gasteiger partial charge in [-0.25, -0.2) is 0 Å². The molecule has 0 saturated heterocycles. The summed E-state index contributed by atoms with van der Waals surface area (Å²) < 4.78 is 7.61. The third-order valence-corrected chi connectivity index (χ3v) is 4.11. The van der Waals surface area contributed by atoms with Gasteiger partial charge in [-0.05, 0) is 54.4 Å². The Balaban J connectivity index is 1.86. The molecule has 3 rings (SSSR count). The summed E-state index contributed by atoms with van der Waals surface area (Å²) in [7, 11) is 0. The van der Waals surface area contributed by atoms with Crippen LogP contribution in [0, 0.1) is 10.2 Å². The van der Waals surface area contributed by atoms with Crippen LogP contribution < -0.4 is 10.3 Å². The summed E-state index contributed by atoms with van der Waals surface area (Å²) in [5.74, 6) is 0.784. The van der Waals surface area contributed by atoms with E-state index in [0.717, 1.165) is 12.2 Å². The second kappa shape index (κ2) is 6.28. The minimum Gasteiger partial charge on any atom is -0.494 e. The molecule has 0 bridgehead atoms. The van der Waals surface area contributed by atoms with Crippen LogP contribution in [0.15, 0.2) is 41.3 Å². The minimum atomic E-state index is -0.167. The van der Waals surface area contributed by atoms with Crippen molar-refractivity contribution < 1.29 is 4.74 Å². The largest absolute Gasteiger partial charge is 0.494 e. The molecule has 24 heavy (non-hydrogen) atoms. The van der Waals surface area contributed by atoms with Crippen molar-refractivity contribution in [2.45, 2.75) is 27.2 Å². The summed E-state index contributed by atoms with van der Waals surface area (Å²) in [5.41, 5.74) is 2.00. The first-order valence-electron chi connectivity index (χ1n) is 7.91. The molecule has 0 aliphatic heterocycles. The predicted molar refractivity (Wildman–Crippen MR) is 98.6 cm³/mol. The maximum Gasteiger partial charge on any atom is 0.283 e. The van der Waals surface area contributed by atoms with Crippen molar-refractivity contribution in [3.8, 4) is 11.4 Å². The Bertz CT molecular complexity index is 959. The molecule has 0 saturated carbocycles. The molecule has 0 fully saturated rings. The molecule has 2 aromatic heterocycles. The van der Waals surface area contributed by atoms with Crippen molar-refractivity contribution in [3.63, 3.8) is 0 Å². The summed E-state index contributed by atoms with van der Waals surface area (Å²) in [5, 5.41) is 0. The van der Waals surface area contributed by atoms with Crippen molar-refractivity contribution in [3.05, 3.63) is 51.7 Å². The first-order valence-corrected chi connectivity index (χ1v) is 8.32. The van der Waals surface area contributed by atoms with Crippen molar-refractivity contribution in [1.82, 2.24) is 14.5 Å². The number of aromatic amines is 2. The maximum atomic E-state index is 12.6. The third kappa shape index (κ3) is 3.43. The summed E-state index contributed by atoms with van der Waals surface area (Å²) >= 11 is 5.32. The molecule has 0 atom stereocenters. The number of hydrogen-bond donors (Lipinski definition) is 2. The van der Waals surface area contributed by atoms with Gasteiger partial charge in [0, 0.05) is 6.20 Å². The molecule has 126 valence electrons. The summed E-state index contributed by atoms with van der Waals surface area (Å²) in [6.45, 7) is 7.22. The summed E-state index contributed by atoms with van der Waals surface area (Å²) in [6, 6.07) is 9.19. The fourth-order valence-corrected chi connectivity index (χ4v) is 2.72. The van der Waals surface area contributed by atoms with Gasteiger partial charge in [-0.3, -0.25) is 9.36 Å². The SMILES string of the molecule is CC(C)(C)CCOc1ccc(-n2c(=S)[nH]c3cc[nH]c3c2=O)cc1. The standard InChI is InChI=1S/C18H21N3O2S/c1-18(2,3)9-11-23-13-6-4-12(5-7-13)21-16(22)15-14(8-10-19-15)20-17(21)24/h4-8,10,19H,9,11H2,1-3H3,(H,20,24). The summed E-state index contributed by atoms with van der Waals surface area (Å²) in [6.07, 6.45) is 2.69. The molecule has 0 aliphatic carbocycles.